The molecule has 80 valence electrons. The van der Waals surface area contributed by atoms with Crippen LogP contribution in [0.4, 0.5) is 10.5 Å². The standard InChI is InChI=1S/C11H14N2O2/c12-9-4-2-8(3-5-9)11(6-1-7-11)15-10(13)14/h2-5H,1,6-7,12H2,(H2,13,14). The first kappa shape index (κ1) is 9.83. The fraction of sp³-hybridized carbons (Fsp3) is 0.364. The number of carbonyl (C=O) groups is 1. The van der Waals surface area contributed by atoms with Crippen molar-refractivity contribution in [2.45, 2.75) is 24.9 Å². The van der Waals surface area contributed by atoms with Crippen LogP contribution in [0.5, 0.6) is 0 Å². The summed E-state index contributed by atoms with van der Waals surface area (Å²) in [5.74, 6) is 0. The minimum absolute atomic E-state index is 0.500. The minimum atomic E-state index is -0.716. The molecular formula is C11H14N2O2. The van der Waals surface area contributed by atoms with Crippen LogP contribution in [-0.2, 0) is 10.3 Å². The highest BCUT2D eigenvalue weighted by Crippen LogP contribution is 2.44. The first-order chi connectivity index (χ1) is 7.12. The van der Waals surface area contributed by atoms with Gasteiger partial charge in [0.1, 0.15) is 5.60 Å². The zero-order chi connectivity index (χ0) is 10.9. The number of hydrogen-bond donors (Lipinski definition) is 2. The van der Waals surface area contributed by atoms with Crippen LogP contribution in [0.15, 0.2) is 24.3 Å². The Morgan fingerprint density at radius 3 is 2.27 bits per heavy atom. The van der Waals surface area contributed by atoms with E-state index in [0.717, 1.165) is 24.8 Å². The van der Waals surface area contributed by atoms with E-state index >= 15 is 0 Å². The van der Waals surface area contributed by atoms with Crippen LogP contribution in [0.3, 0.4) is 0 Å². The molecule has 0 unspecified atom stereocenters. The monoisotopic (exact) mass is 206 g/mol. The van der Waals surface area contributed by atoms with Crippen LogP contribution in [0.2, 0.25) is 0 Å². The number of anilines is 1. The number of carbonyl (C=O) groups excluding carboxylic acids is 1. The topological polar surface area (TPSA) is 78.3 Å². The maximum absolute atomic E-state index is 10.8. The van der Waals surface area contributed by atoms with Gasteiger partial charge in [0.05, 0.1) is 0 Å². The first-order valence-corrected chi connectivity index (χ1v) is 4.97. The quantitative estimate of drug-likeness (QED) is 0.723. The minimum Gasteiger partial charge on any atom is -0.438 e. The second kappa shape index (κ2) is 3.46. The number of primary amides is 1. The van der Waals surface area contributed by atoms with E-state index in [2.05, 4.69) is 0 Å². The van der Waals surface area contributed by atoms with Crippen molar-refractivity contribution in [3.05, 3.63) is 29.8 Å². The molecule has 2 rings (SSSR count). The third-order valence-electron chi connectivity index (χ3n) is 2.89. The van der Waals surface area contributed by atoms with Crippen LogP contribution in [-0.4, -0.2) is 6.09 Å². The van der Waals surface area contributed by atoms with Crippen molar-refractivity contribution in [3.8, 4) is 0 Å². The highest BCUT2D eigenvalue weighted by molar-refractivity contribution is 5.65. The Balaban J connectivity index is 2.26. The average Bonchev–Trinajstić information content (AvgIpc) is 2.13. The van der Waals surface area contributed by atoms with Crippen molar-refractivity contribution in [1.82, 2.24) is 0 Å². The summed E-state index contributed by atoms with van der Waals surface area (Å²) < 4.78 is 5.20. The Kier molecular flexibility index (Phi) is 2.26. The Morgan fingerprint density at radius 2 is 1.87 bits per heavy atom. The Hall–Kier alpha value is -1.71. The van der Waals surface area contributed by atoms with Gasteiger partial charge in [0.2, 0.25) is 0 Å². The van der Waals surface area contributed by atoms with Crippen molar-refractivity contribution in [1.29, 1.82) is 0 Å². The summed E-state index contributed by atoms with van der Waals surface area (Å²) >= 11 is 0. The molecule has 1 fully saturated rings. The fourth-order valence-electron chi connectivity index (χ4n) is 1.93. The van der Waals surface area contributed by atoms with Crippen molar-refractivity contribution in [3.63, 3.8) is 0 Å². The summed E-state index contributed by atoms with van der Waals surface area (Å²) in [7, 11) is 0. The highest BCUT2D eigenvalue weighted by Gasteiger charge is 2.42. The molecule has 1 aliphatic carbocycles. The molecular weight excluding hydrogens is 192 g/mol. The van der Waals surface area contributed by atoms with E-state index in [9.17, 15) is 4.79 Å². The lowest BCUT2D eigenvalue weighted by Crippen LogP contribution is -2.40. The van der Waals surface area contributed by atoms with Gasteiger partial charge in [-0.1, -0.05) is 12.1 Å². The third-order valence-corrected chi connectivity index (χ3v) is 2.89. The second-order valence-electron chi connectivity index (χ2n) is 3.89. The number of nitrogens with two attached hydrogens (primary N) is 2. The molecule has 0 aromatic heterocycles. The molecule has 0 atom stereocenters. The second-order valence-corrected chi connectivity index (χ2v) is 3.89. The Morgan fingerprint density at radius 1 is 1.27 bits per heavy atom. The summed E-state index contributed by atoms with van der Waals surface area (Å²) in [6.07, 6.45) is 2.00. The average molecular weight is 206 g/mol. The van der Waals surface area contributed by atoms with Crippen molar-refractivity contribution >= 4 is 11.8 Å². The summed E-state index contributed by atoms with van der Waals surface area (Å²) in [4.78, 5) is 10.8. The number of amides is 1. The fourth-order valence-corrected chi connectivity index (χ4v) is 1.93. The predicted molar refractivity (Wildman–Crippen MR) is 57.1 cm³/mol. The lowest BCUT2D eigenvalue weighted by molar-refractivity contribution is -0.0489. The lowest BCUT2D eigenvalue weighted by Gasteiger charge is -2.40. The van der Waals surface area contributed by atoms with E-state index in [1.807, 2.05) is 12.1 Å². The molecule has 1 aromatic carbocycles. The lowest BCUT2D eigenvalue weighted by atomic mass is 9.75. The van der Waals surface area contributed by atoms with E-state index in [1.54, 1.807) is 12.1 Å². The van der Waals surface area contributed by atoms with Gasteiger partial charge in [0, 0.05) is 5.69 Å². The number of hydrogen-bond acceptors (Lipinski definition) is 3. The summed E-state index contributed by atoms with van der Waals surface area (Å²) in [5.41, 5.74) is 11.8. The van der Waals surface area contributed by atoms with Gasteiger partial charge in [-0.15, -0.1) is 0 Å². The van der Waals surface area contributed by atoms with Crippen molar-refractivity contribution < 1.29 is 9.53 Å². The maximum atomic E-state index is 10.8. The van der Waals surface area contributed by atoms with E-state index in [-0.39, 0.29) is 0 Å². The molecule has 0 spiro atoms. The molecule has 0 heterocycles. The zero-order valence-corrected chi connectivity index (χ0v) is 8.40. The zero-order valence-electron chi connectivity index (χ0n) is 8.40. The largest absolute Gasteiger partial charge is 0.438 e. The molecule has 4 N–H and O–H groups in total. The summed E-state index contributed by atoms with van der Waals surface area (Å²) in [5, 5.41) is 0. The van der Waals surface area contributed by atoms with Gasteiger partial charge in [-0.3, -0.25) is 0 Å². The van der Waals surface area contributed by atoms with Gasteiger partial charge in [-0.05, 0) is 37.0 Å². The molecule has 4 nitrogen and oxygen atoms in total. The predicted octanol–water partition coefficient (Wildman–Crippen LogP) is 1.74. The normalized spacial score (nSPS) is 17.9. The molecule has 1 aliphatic rings. The molecule has 4 heteroatoms. The van der Waals surface area contributed by atoms with Crippen molar-refractivity contribution in [2.24, 2.45) is 5.73 Å². The van der Waals surface area contributed by atoms with Crippen molar-refractivity contribution in [2.75, 3.05) is 5.73 Å². The molecule has 15 heavy (non-hydrogen) atoms. The number of benzene rings is 1. The van der Waals surface area contributed by atoms with Gasteiger partial charge in [-0.25, -0.2) is 4.79 Å². The van der Waals surface area contributed by atoms with Gasteiger partial charge in [-0.2, -0.15) is 0 Å². The van der Waals surface area contributed by atoms with Gasteiger partial charge < -0.3 is 16.2 Å². The summed E-state index contributed by atoms with van der Waals surface area (Å²) in [6.45, 7) is 0. The van der Waals surface area contributed by atoms with E-state index < -0.39 is 11.7 Å². The van der Waals surface area contributed by atoms with Crippen LogP contribution < -0.4 is 11.5 Å². The highest BCUT2D eigenvalue weighted by atomic mass is 16.6. The SMILES string of the molecule is NC(=O)OC1(c2ccc(N)cc2)CCC1. The van der Waals surface area contributed by atoms with Gasteiger partial charge in [0.25, 0.3) is 0 Å². The number of nitrogen functional groups attached to an aromatic ring is 1. The van der Waals surface area contributed by atoms with Gasteiger partial charge in [0.15, 0.2) is 0 Å². The molecule has 0 saturated heterocycles. The molecule has 0 radical (unpaired) electrons. The van der Waals surface area contributed by atoms with Crippen LogP contribution in [0, 0.1) is 0 Å². The molecule has 1 aromatic rings. The van der Waals surface area contributed by atoms with E-state index in [0.29, 0.717) is 5.69 Å². The van der Waals surface area contributed by atoms with E-state index in [4.69, 9.17) is 16.2 Å². The number of rotatable bonds is 2. The molecule has 1 amide bonds. The Bertz CT molecular complexity index is 369. The van der Waals surface area contributed by atoms with Crippen LogP contribution >= 0.6 is 0 Å². The smallest absolute Gasteiger partial charge is 0.405 e. The molecule has 1 saturated carbocycles. The number of ether oxygens (including phenoxy) is 1. The first-order valence-electron chi connectivity index (χ1n) is 4.97. The maximum Gasteiger partial charge on any atom is 0.405 e. The van der Waals surface area contributed by atoms with Gasteiger partial charge >= 0.3 is 6.09 Å². The Labute approximate surface area is 88.2 Å². The summed E-state index contributed by atoms with van der Waals surface area (Å²) in [6, 6.07) is 7.38. The van der Waals surface area contributed by atoms with Crippen LogP contribution in [0.25, 0.3) is 0 Å². The third kappa shape index (κ3) is 1.75. The van der Waals surface area contributed by atoms with E-state index in [1.165, 1.54) is 0 Å². The molecule has 0 aliphatic heterocycles. The molecule has 0 bridgehead atoms. The van der Waals surface area contributed by atoms with Crippen LogP contribution in [0.1, 0.15) is 24.8 Å².